The molecule has 0 radical (unpaired) electrons. The van der Waals surface area contributed by atoms with Gasteiger partial charge < -0.3 is 25.3 Å². The number of carbonyl (C=O) groups excluding carboxylic acids is 1. The van der Waals surface area contributed by atoms with Crippen molar-refractivity contribution in [3.05, 3.63) is 18.3 Å². The van der Waals surface area contributed by atoms with E-state index in [-0.39, 0.29) is 12.5 Å². The summed E-state index contributed by atoms with van der Waals surface area (Å²) >= 11 is 0. The quantitative estimate of drug-likeness (QED) is 0.646. The number of rotatable bonds is 8. The van der Waals surface area contributed by atoms with Crippen LogP contribution in [0.4, 0.5) is 5.69 Å². The molecule has 7 heteroatoms. The SMILES string of the molecule is COCCOc1ccc(NC(=O)C(N)COC)cn1. The Morgan fingerprint density at radius 2 is 2.16 bits per heavy atom. The predicted molar refractivity (Wildman–Crippen MR) is 70.1 cm³/mol. The minimum Gasteiger partial charge on any atom is -0.475 e. The summed E-state index contributed by atoms with van der Waals surface area (Å²) in [6, 6.07) is 2.64. The molecule has 0 aliphatic rings. The summed E-state index contributed by atoms with van der Waals surface area (Å²) in [5.74, 6) is 0.146. The highest BCUT2D eigenvalue weighted by molar-refractivity contribution is 5.94. The lowest BCUT2D eigenvalue weighted by Gasteiger charge is -2.11. The van der Waals surface area contributed by atoms with Gasteiger partial charge in [0.05, 0.1) is 25.1 Å². The van der Waals surface area contributed by atoms with Crippen LogP contribution in [0, 0.1) is 0 Å². The van der Waals surface area contributed by atoms with Crippen LogP contribution in [-0.4, -0.2) is 51.0 Å². The van der Waals surface area contributed by atoms with Crippen molar-refractivity contribution < 1.29 is 19.0 Å². The average Bonchev–Trinajstić information content (AvgIpc) is 2.41. The number of hydrogen-bond donors (Lipinski definition) is 2. The Kier molecular flexibility index (Phi) is 6.80. The Morgan fingerprint density at radius 3 is 2.74 bits per heavy atom. The fraction of sp³-hybridized carbons (Fsp3) is 0.500. The molecule has 0 aromatic carbocycles. The van der Waals surface area contributed by atoms with Crippen molar-refractivity contribution in [2.75, 3.05) is 39.4 Å². The molecule has 1 aromatic heterocycles. The van der Waals surface area contributed by atoms with E-state index in [2.05, 4.69) is 10.3 Å². The predicted octanol–water partition coefficient (Wildman–Crippen LogP) is 0.0190. The van der Waals surface area contributed by atoms with Crippen LogP contribution < -0.4 is 15.8 Å². The average molecular weight is 269 g/mol. The van der Waals surface area contributed by atoms with Crippen LogP contribution in [0.1, 0.15) is 0 Å². The molecule has 0 bridgehead atoms. The van der Waals surface area contributed by atoms with Crippen molar-refractivity contribution in [1.82, 2.24) is 4.98 Å². The topological polar surface area (TPSA) is 95.7 Å². The third-order valence-corrected chi connectivity index (χ3v) is 2.22. The molecule has 1 atom stereocenters. The van der Waals surface area contributed by atoms with Gasteiger partial charge in [-0.1, -0.05) is 0 Å². The van der Waals surface area contributed by atoms with Crippen molar-refractivity contribution in [1.29, 1.82) is 0 Å². The van der Waals surface area contributed by atoms with Crippen LogP contribution in [0.3, 0.4) is 0 Å². The van der Waals surface area contributed by atoms with Crippen LogP contribution in [-0.2, 0) is 14.3 Å². The fourth-order valence-electron chi connectivity index (χ4n) is 1.26. The highest BCUT2D eigenvalue weighted by atomic mass is 16.5. The summed E-state index contributed by atoms with van der Waals surface area (Å²) in [4.78, 5) is 15.7. The summed E-state index contributed by atoms with van der Waals surface area (Å²) < 4.78 is 15.0. The van der Waals surface area contributed by atoms with Crippen LogP contribution in [0.15, 0.2) is 18.3 Å². The molecule has 1 heterocycles. The molecule has 1 amide bonds. The van der Waals surface area contributed by atoms with E-state index >= 15 is 0 Å². The van der Waals surface area contributed by atoms with Crippen molar-refractivity contribution in [2.24, 2.45) is 5.73 Å². The first-order valence-electron chi connectivity index (χ1n) is 5.80. The van der Waals surface area contributed by atoms with Crippen LogP contribution in [0.2, 0.25) is 0 Å². The number of aromatic nitrogens is 1. The zero-order chi connectivity index (χ0) is 14.1. The fourth-order valence-corrected chi connectivity index (χ4v) is 1.26. The van der Waals surface area contributed by atoms with Gasteiger partial charge in [0.1, 0.15) is 12.6 Å². The van der Waals surface area contributed by atoms with E-state index in [1.165, 1.54) is 13.3 Å². The van der Waals surface area contributed by atoms with E-state index in [4.69, 9.17) is 19.9 Å². The first-order valence-corrected chi connectivity index (χ1v) is 5.80. The van der Waals surface area contributed by atoms with E-state index in [0.29, 0.717) is 24.8 Å². The third kappa shape index (κ3) is 5.64. The minimum absolute atomic E-state index is 0.164. The number of pyridine rings is 1. The molecule has 7 nitrogen and oxygen atoms in total. The van der Waals surface area contributed by atoms with Gasteiger partial charge in [-0.2, -0.15) is 0 Å². The molecule has 1 rings (SSSR count). The van der Waals surface area contributed by atoms with Gasteiger partial charge in [0.25, 0.3) is 0 Å². The smallest absolute Gasteiger partial charge is 0.243 e. The second-order valence-corrected chi connectivity index (χ2v) is 3.78. The lowest BCUT2D eigenvalue weighted by atomic mass is 10.3. The van der Waals surface area contributed by atoms with Crippen molar-refractivity contribution in [3.63, 3.8) is 0 Å². The Balaban J connectivity index is 2.45. The van der Waals surface area contributed by atoms with Crippen molar-refractivity contribution in [3.8, 4) is 5.88 Å². The van der Waals surface area contributed by atoms with Gasteiger partial charge in [-0.25, -0.2) is 4.98 Å². The number of anilines is 1. The normalized spacial score (nSPS) is 11.9. The van der Waals surface area contributed by atoms with E-state index < -0.39 is 6.04 Å². The Hall–Kier alpha value is -1.70. The van der Waals surface area contributed by atoms with Crippen LogP contribution in [0.25, 0.3) is 0 Å². The zero-order valence-electron chi connectivity index (χ0n) is 11.1. The molecule has 0 saturated heterocycles. The zero-order valence-corrected chi connectivity index (χ0v) is 11.1. The third-order valence-electron chi connectivity index (χ3n) is 2.22. The number of carbonyl (C=O) groups is 1. The van der Waals surface area contributed by atoms with Gasteiger partial charge in [-0.15, -0.1) is 0 Å². The van der Waals surface area contributed by atoms with Crippen LogP contribution >= 0.6 is 0 Å². The van der Waals surface area contributed by atoms with E-state index in [1.54, 1.807) is 19.2 Å². The Bertz CT molecular complexity index is 383. The van der Waals surface area contributed by atoms with Gasteiger partial charge >= 0.3 is 0 Å². The molecular weight excluding hydrogens is 250 g/mol. The first-order chi connectivity index (χ1) is 9.17. The number of methoxy groups -OCH3 is 2. The maximum absolute atomic E-state index is 11.6. The summed E-state index contributed by atoms with van der Waals surface area (Å²) in [6.07, 6.45) is 1.50. The molecule has 106 valence electrons. The molecule has 0 saturated carbocycles. The summed E-state index contributed by atoms with van der Waals surface area (Å²) in [6.45, 7) is 1.08. The number of nitrogens with zero attached hydrogens (tertiary/aromatic N) is 1. The summed E-state index contributed by atoms with van der Waals surface area (Å²) in [5.41, 5.74) is 6.14. The number of hydrogen-bond acceptors (Lipinski definition) is 6. The maximum Gasteiger partial charge on any atom is 0.243 e. The molecule has 19 heavy (non-hydrogen) atoms. The molecule has 1 aromatic rings. The van der Waals surface area contributed by atoms with Gasteiger partial charge in [-0.05, 0) is 6.07 Å². The second kappa shape index (κ2) is 8.41. The highest BCUT2D eigenvalue weighted by Gasteiger charge is 2.13. The Morgan fingerprint density at radius 1 is 1.37 bits per heavy atom. The van der Waals surface area contributed by atoms with Gasteiger partial charge in [-0.3, -0.25) is 4.79 Å². The standard InChI is InChI=1S/C12H19N3O4/c1-17-5-6-19-11-4-3-9(7-14-11)15-12(16)10(13)8-18-2/h3-4,7,10H,5-6,8,13H2,1-2H3,(H,15,16). The minimum atomic E-state index is -0.706. The monoisotopic (exact) mass is 269 g/mol. The van der Waals surface area contributed by atoms with E-state index in [9.17, 15) is 4.79 Å². The largest absolute Gasteiger partial charge is 0.475 e. The lowest BCUT2D eigenvalue weighted by molar-refractivity contribution is -0.118. The molecule has 0 fully saturated rings. The summed E-state index contributed by atoms with van der Waals surface area (Å²) in [7, 11) is 3.08. The number of nitrogens with two attached hydrogens (primary N) is 1. The molecule has 1 unspecified atom stereocenters. The number of ether oxygens (including phenoxy) is 3. The number of nitrogens with one attached hydrogen (secondary N) is 1. The van der Waals surface area contributed by atoms with Gasteiger partial charge in [0.15, 0.2) is 0 Å². The highest BCUT2D eigenvalue weighted by Crippen LogP contribution is 2.11. The molecule has 3 N–H and O–H groups in total. The first kappa shape index (κ1) is 15.4. The van der Waals surface area contributed by atoms with Gasteiger partial charge in [0, 0.05) is 20.3 Å². The van der Waals surface area contributed by atoms with Crippen LogP contribution in [0.5, 0.6) is 5.88 Å². The second-order valence-electron chi connectivity index (χ2n) is 3.78. The maximum atomic E-state index is 11.6. The Labute approximate surface area is 112 Å². The molecule has 0 aliphatic carbocycles. The van der Waals surface area contributed by atoms with Gasteiger partial charge in [0.2, 0.25) is 11.8 Å². The number of amides is 1. The van der Waals surface area contributed by atoms with Crippen molar-refractivity contribution in [2.45, 2.75) is 6.04 Å². The molecule has 0 spiro atoms. The van der Waals surface area contributed by atoms with E-state index in [0.717, 1.165) is 0 Å². The molecule has 0 aliphatic heterocycles. The van der Waals surface area contributed by atoms with Crippen molar-refractivity contribution >= 4 is 11.6 Å². The lowest BCUT2D eigenvalue weighted by Crippen LogP contribution is -2.39. The van der Waals surface area contributed by atoms with E-state index in [1.807, 2.05) is 0 Å². The summed E-state index contributed by atoms with van der Waals surface area (Å²) in [5, 5.41) is 2.63. The molecular formula is C12H19N3O4.